The van der Waals surface area contributed by atoms with Crippen molar-refractivity contribution in [2.45, 2.75) is 18.7 Å². The second kappa shape index (κ2) is 7.54. The van der Waals surface area contributed by atoms with Gasteiger partial charge in [-0.05, 0) is 36.4 Å². The van der Waals surface area contributed by atoms with Gasteiger partial charge in [0.15, 0.2) is 5.76 Å². The zero-order valence-corrected chi connectivity index (χ0v) is 15.0. The fraction of sp³-hybridized carbons (Fsp3) is 0.222. The normalized spacial score (nSPS) is 16.7. The maximum atomic E-state index is 12.4. The van der Waals surface area contributed by atoms with Crippen LogP contribution < -0.4 is 15.0 Å². The number of nitrogens with zero attached hydrogens (tertiary/aromatic N) is 3. The maximum absolute atomic E-state index is 12.4. The highest BCUT2D eigenvalue weighted by atomic mass is 19.4. The van der Waals surface area contributed by atoms with Gasteiger partial charge in [-0.1, -0.05) is 5.10 Å². The first-order chi connectivity index (χ1) is 14.3. The summed E-state index contributed by atoms with van der Waals surface area (Å²) in [4.78, 5) is 25.7. The first-order valence-electron chi connectivity index (χ1n) is 8.63. The van der Waals surface area contributed by atoms with Crippen LogP contribution in [0.4, 0.5) is 24.9 Å². The number of anilines is 2. The molecule has 3 heterocycles. The molecule has 0 radical (unpaired) electrons. The van der Waals surface area contributed by atoms with Crippen molar-refractivity contribution in [3.05, 3.63) is 54.3 Å². The Morgan fingerprint density at radius 2 is 1.97 bits per heavy atom. The molecule has 156 valence electrons. The molecule has 1 aliphatic rings. The third-order valence-electron chi connectivity index (χ3n) is 4.26. The number of carbonyl (C=O) groups excluding carboxylic acids is 2. The van der Waals surface area contributed by atoms with Gasteiger partial charge in [0.1, 0.15) is 5.75 Å². The largest absolute Gasteiger partial charge is 0.573 e. The lowest BCUT2D eigenvalue weighted by atomic mass is 10.1. The fourth-order valence-corrected chi connectivity index (χ4v) is 2.97. The van der Waals surface area contributed by atoms with E-state index in [1.165, 1.54) is 29.4 Å². The number of ether oxygens (including phenoxy) is 1. The van der Waals surface area contributed by atoms with Gasteiger partial charge in [0.25, 0.3) is 5.91 Å². The smallest absolute Gasteiger partial charge is 0.459 e. The van der Waals surface area contributed by atoms with Crippen LogP contribution in [-0.4, -0.2) is 34.9 Å². The van der Waals surface area contributed by atoms with Crippen molar-refractivity contribution < 1.29 is 36.3 Å². The SMILES string of the molecule is O=C(Nc1nnc(C2CC(=O)N(c3ccc(OC(F)(F)F)cc3)C2)o1)c1ccco1. The Morgan fingerprint density at radius 3 is 2.63 bits per heavy atom. The molecule has 2 amide bonds. The van der Waals surface area contributed by atoms with E-state index in [-0.39, 0.29) is 42.3 Å². The van der Waals surface area contributed by atoms with Gasteiger partial charge in [-0.15, -0.1) is 18.3 Å². The summed E-state index contributed by atoms with van der Waals surface area (Å²) >= 11 is 0. The molecule has 0 spiro atoms. The van der Waals surface area contributed by atoms with E-state index in [1.807, 2.05) is 0 Å². The summed E-state index contributed by atoms with van der Waals surface area (Å²) in [7, 11) is 0. The van der Waals surface area contributed by atoms with E-state index in [4.69, 9.17) is 8.83 Å². The van der Waals surface area contributed by atoms with Crippen molar-refractivity contribution in [3.8, 4) is 5.75 Å². The standard InChI is InChI=1S/C18H13F3N4O5/c19-18(20,21)30-12-5-3-11(4-6-12)25-9-10(8-14(25)26)16-23-24-17(29-16)22-15(27)13-2-1-7-28-13/h1-7,10H,8-9H2,(H,22,24,27). The molecule has 1 aromatic carbocycles. The summed E-state index contributed by atoms with van der Waals surface area (Å²) < 4.78 is 51.0. The van der Waals surface area contributed by atoms with E-state index in [2.05, 4.69) is 20.3 Å². The summed E-state index contributed by atoms with van der Waals surface area (Å²) in [6.07, 6.45) is -3.39. The Kier molecular flexibility index (Phi) is 4.90. The first-order valence-corrected chi connectivity index (χ1v) is 8.63. The van der Waals surface area contributed by atoms with Crippen molar-refractivity contribution >= 4 is 23.5 Å². The van der Waals surface area contributed by atoms with Crippen LogP contribution in [0, 0.1) is 0 Å². The van der Waals surface area contributed by atoms with Gasteiger partial charge in [-0.25, -0.2) is 0 Å². The summed E-state index contributed by atoms with van der Waals surface area (Å²) in [5, 5.41) is 9.99. The topological polar surface area (TPSA) is 111 Å². The highest BCUT2D eigenvalue weighted by molar-refractivity contribution is 6.00. The van der Waals surface area contributed by atoms with E-state index in [0.29, 0.717) is 5.69 Å². The third-order valence-corrected chi connectivity index (χ3v) is 4.26. The molecule has 9 nitrogen and oxygen atoms in total. The highest BCUT2D eigenvalue weighted by Crippen LogP contribution is 2.33. The number of carbonyl (C=O) groups is 2. The predicted octanol–water partition coefficient (Wildman–Crippen LogP) is 3.33. The van der Waals surface area contributed by atoms with Crippen molar-refractivity contribution in [2.24, 2.45) is 0 Å². The first kappa shape index (κ1) is 19.5. The van der Waals surface area contributed by atoms with Crippen LogP contribution in [0.1, 0.15) is 28.8 Å². The van der Waals surface area contributed by atoms with Crippen LogP contribution in [0.2, 0.25) is 0 Å². The van der Waals surface area contributed by atoms with Crippen molar-refractivity contribution in [2.75, 3.05) is 16.8 Å². The Morgan fingerprint density at radius 1 is 1.20 bits per heavy atom. The lowest BCUT2D eigenvalue weighted by Gasteiger charge is -2.17. The van der Waals surface area contributed by atoms with Crippen molar-refractivity contribution in [1.82, 2.24) is 10.2 Å². The van der Waals surface area contributed by atoms with E-state index in [1.54, 1.807) is 6.07 Å². The van der Waals surface area contributed by atoms with Crippen LogP contribution in [0.25, 0.3) is 0 Å². The van der Waals surface area contributed by atoms with Crippen molar-refractivity contribution in [3.63, 3.8) is 0 Å². The number of furan rings is 1. The van der Waals surface area contributed by atoms with Crippen LogP contribution in [0.5, 0.6) is 5.75 Å². The number of amides is 2. The Labute approximate surface area is 166 Å². The molecule has 1 N–H and O–H groups in total. The van der Waals surface area contributed by atoms with Gasteiger partial charge >= 0.3 is 12.4 Å². The molecule has 1 fully saturated rings. The number of aromatic nitrogens is 2. The quantitative estimate of drug-likeness (QED) is 0.671. The molecule has 1 unspecified atom stereocenters. The van der Waals surface area contributed by atoms with Crippen LogP contribution in [-0.2, 0) is 4.79 Å². The van der Waals surface area contributed by atoms with E-state index in [9.17, 15) is 22.8 Å². The Hall–Kier alpha value is -3.83. The molecule has 0 bridgehead atoms. The maximum Gasteiger partial charge on any atom is 0.573 e. The Balaban J connectivity index is 1.41. The summed E-state index contributed by atoms with van der Waals surface area (Å²) in [6, 6.07) is 7.82. The zero-order chi connectivity index (χ0) is 21.3. The lowest BCUT2D eigenvalue weighted by molar-refractivity contribution is -0.274. The third kappa shape index (κ3) is 4.26. The van der Waals surface area contributed by atoms with Crippen LogP contribution in [0.3, 0.4) is 0 Å². The van der Waals surface area contributed by atoms with Gasteiger partial charge in [-0.3, -0.25) is 14.9 Å². The number of hydrogen-bond donors (Lipinski definition) is 1. The van der Waals surface area contributed by atoms with Gasteiger partial charge in [0, 0.05) is 18.7 Å². The van der Waals surface area contributed by atoms with E-state index in [0.717, 1.165) is 12.1 Å². The molecular formula is C18H13F3N4O5. The average Bonchev–Trinajstić information content (AvgIpc) is 3.41. The number of hydrogen-bond acceptors (Lipinski definition) is 7. The second-order valence-electron chi connectivity index (χ2n) is 6.32. The minimum Gasteiger partial charge on any atom is -0.459 e. The van der Waals surface area contributed by atoms with Crippen LogP contribution in [0.15, 0.2) is 51.5 Å². The van der Waals surface area contributed by atoms with Gasteiger partial charge < -0.3 is 18.5 Å². The number of nitrogens with one attached hydrogen (secondary N) is 1. The minimum atomic E-state index is -4.79. The molecule has 1 aliphatic heterocycles. The average molecular weight is 422 g/mol. The number of alkyl halides is 3. The number of benzene rings is 1. The predicted molar refractivity (Wildman–Crippen MR) is 93.8 cm³/mol. The fourth-order valence-electron chi connectivity index (χ4n) is 2.97. The second-order valence-corrected chi connectivity index (χ2v) is 6.32. The molecule has 2 aromatic heterocycles. The molecule has 12 heteroatoms. The van der Waals surface area contributed by atoms with Crippen LogP contribution >= 0.6 is 0 Å². The summed E-state index contributed by atoms with van der Waals surface area (Å²) in [5.74, 6) is -1.44. The van der Waals surface area contributed by atoms with Crippen molar-refractivity contribution in [1.29, 1.82) is 0 Å². The monoisotopic (exact) mass is 422 g/mol. The zero-order valence-electron chi connectivity index (χ0n) is 15.0. The summed E-state index contributed by atoms with van der Waals surface area (Å²) in [5.41, 5.74) is 0.405. The molecule has 30 heavy (non-hydrogen) atoms. The summed E-state index contributed by atoms with van der Waals surface area (Å²) in [6.45, 7) is 0.187. The highest BCUT2D eigenvalue weighted by Gasteiger charge is 2.35. The molecule has 0 saturated carbocycles. The van der Waals surface area contributed by atoms with E-state index < -0.39 is 18.2 Å². The van der Waals surface area contributed by atoms with Gasteiger partial charge in [0.2, 0.25) is 11.8 Å². The molecule has 1 saturated heterocycles. The molecule has 1 atom stereocenters. The molecule has 3 aromatic rings. The molecule has 4 rings (SSSR count). The lowest BCUT2D eigenvalue weighted by Crippen LogP contribution is -2.24. The van der Waals surface area contributed by atoms with Gasteiger partial charge in [-0.2, -0.15) is 0 Å². The number of halogens is 3. The van der Waals surface area contributed by atoms with E-state index >= 15 is 0 Å². The molecule has 0 aliphatic carbocycles. The molecular weight excluding hydrogens is 409 g/mol. The minimum absolute atomic E-state index is 0.0641. The Bertz CT molecular complexity index is 1050. The van der Waals surface area contributed by atoms with Gasteiger partial charge in [0.05, 0.1) is 12.2 Å². The number of rotatable bonds is 5.